The summed E-state index contributed by atoms with van der Waals surface area (Å²) >= 11 is 0. The summed E-state index contributed by atoms with van der Waals surface area (Å²) < 4.78 is 2.47. The van der Waals surface area contributed by atoms with Gasteiger partial charge in [-0.05, 0) is 100.0 Å². The predicted molar refractivity (Wildman–Crippen MR) is 242 cm³/mol. The number of aromatic nitrogens is 1. The Hall–Kier alpha value is -7.42. The van der Waals surface area contributed by atoms with Gasteiger partial charge in [-0.3, -0.25) is 0 Å². The molecule has 270 valence electrons. The molecule has 1 heterocycles. The maximum atomic E-state index is 2.47. The number of anilines is 3. The lowest BCUT2D eigenvalue weighted by Gasteiger charge is -2.27. The minimum atomic E-state index is 1.10. The first-order valence-corrected chi connectivity index (χ1v) is 19.6. The maximum absolute atomic E-state index is 2.47. The van der Waals surface area contributed by atoms with E-state index in [2.05, 4.69) is 241 Å². The van der Waals surface area contributed by atoms with Crippen LogP contribution in [0.1, 0.15) is 5.56 Å². The van der Waals surface area contributed by atoms with E-state index in [-0.39, 0.29) is 0 Å². The van der Waals surface area contributed by atoms with E-state index < -0.39 is 0 Å². The second kappa shape index (κ2) is 14.7. The molecule has 2 nitrogen and oxygen atoms in total. The minimum Gasteiger partial charge on any atom is -0.310 e. The van der Waals surface area contributed by atoms with Crippen LogP contribution in [0.3, 0.4) is 0 Å². The van der Waals surface area contributed by atoms with E-state index in [0.29, 0.717) is 0 Å². The number of hydrogen-bond donors (Lipinski definition) is 0. The third kappa shape index (κ3) is 6.28. The van der Waals surface area contributed by atoms with Crippen molar-refractivity contribution in [3.05, 3.63) is 230 Å². The lowest BCUT2D eigenvalue weighted by atomic mass is 9.96. The van der Waals surface area contributed by atoms with Crippen LogP contribution in [-0.4, -0.2) is 4.57 Å². The largest absolute Gasteiger partial charge is 0.310 e. The van der Waals surface area contributed by atoms with Crippen molar-refractivity contribution in [1.29, 1.82) is 0 Å². The first-order chi connectivity index (χ1) is 28.2. The van der Waals surface area contributed by atoms with Crippen molar-refractivity contribution < 1.29 is 0 Å². The van der Waals surface area contributed by atoms with E-state index in [4.69, 9.17) is 0 Å². The molecular weight excluding hydrogens is 689 g/mol. The average Bonchev–Trinajstić information content (AvgIpc) is 3.63. The standard InChI is InChI=1S/C55H40N2/c1-39-15-13-24-51(54(39)46-29-27-43(28-30-46)40-16-5-2-6-17-40)57-50-23-12-11-22-49(50)55-52(25-14-26-53(55)57)56(47-35-31-44(32-36-47)41-18-7-3-8-19-41)48-37-33-45(34-38-48)42-20-9-4-10-21-42/h2-38H,1H3. The highest BCUT2D eigenvalue weighted by Crippen LogP contribution is 2.45. The Morgan fingerprint density at radius 1 is 0.333 bits per heavy atom. The molecule has 10 rings (SSSR count). The molecule has 0 saturated heterocycles. The van der Waals surface area contributed by atoms with Gasteiger partial charge in [0.15, 0.2) is 0 Å². The maximum Gasteiger partial charge on any atom is 0.0562 e. The molecule has 0 aliphatic heterocycles. The van der Waals surface area contributed by atoms with Crippen molar-refractivity contribution in [3.63, 3.8) is 0 Å². The molecule has 0 spiro atoms. The Kier molecular flexibility index (Phi) is 8.78. The van der Waals surface area contributed by atoms with E-state index in [1.165, 1.54) is 66.4 Å². The Morgan fingerprint density at radius 3 is 1.30 bits per heavy atom. The average molecular weight is 729 g/mol. The number of nitrogens with zero attached hydrogens (tertiary/aromatic N) is 2. The molecule has 0 N–H and O–H groups in total. The van der Waals surface area contributed by atoms with Crippen LogP contribution in [0, 0.1) is 6.92 Å². The van der Waals surface area contributed by atoms with Crippen LogP contribution in [0.5, 0.6) is 0 Å². The van der Waals surface area contributed by atoms with Crippen molar-refractivity contribution in [3.8, 4) is 50.2 Å². The van der Waals surface area contributed by atoms with Gasteiger partial charge in [-0.15, -0.1) is 0 Å². The normalized spacial score (nSPS) is 11.2. The van der Waals surface area contributed by atoms with Crippen LogP contribution in [0.25, 0.3) is 72.0 Å². The zero-order valence-electron chi connectivity index (χ0n) is 31.8. The molecule has 0 bridgehead atoms. The Morgan fingerprint density at radius 2 is 0.754 bits per heavy atom. The lowest BCUT2D eigenvalue weighted by Crippen LogP contribution is -2.10. The summed E-state index contributed by atoms with van der Waals surface area (Å²) in [6, 6.07) is 81.1. The lowest BCUT2D eigenvalue weighted by molar-refractivity contribution is 1.17. The first-order valence-electron chi connectivity index (χ1n) is 19.6. The van der Waals surface area contributed by atoms with Crippen LogP contribution >= 0.6 is 0 Å². The molecule has 0 radical (unpaired) electrons. The van der Waals surface area contributed by atoms with Gasteiger partial charge in [-0.1, -0.05) is 176 Å². The van der Waals surface area contributed by atoms with Gasteiger partial charge in [-0.25, -0.2) is 0 Å². The molecule has 10 aromatic rings. The van der Waals surface area contributed by atoms with Gasteiger partial charge in [0.25, 0.3) is 0 Å². The molecule has 0 saturated carbocycles. The molecule has 0 atom stereocenters. The topological polar surface area (TPSA) is 8.17 Å². The summed E-state index contributed by atoms with van der Waals surface area (Å²) in [4.78, 5) is 2.42. The van der Waals surface area contributed by atoms with Crippen molar-refractivity contribution >= 4 is 38.9 Å². The molecule has 0 aliphatic rings. The van der Waals surface area contributed by atoms with Crippen molar-refractivity contribution in [2.45, 2.75) is 6.92 Å². The van der Waals surface area contributed by atoms with E-state index in [0.717, 1.165) is 28.3 Å². The smallest absolute Gasteiger partial charge is 0.0562 e. The van der Waals surface area contributed by atoms with Gasteiger partial charge < -0.3 is 9.47 Å². The molecular formula is C55H40N2. The zero-order chi connectivity index (χ0) is 38.1. The van der Waals surface area contributed by atoms with E-state index >= 15 is 0 Å². The van der Waals surface area contributed by atoms with E-state index in [1.54, 1.807) is 0 Å². The molecule has 0 fully saturated rings. The Bertz CT molecular complexity index is 2880. The number of fused-ring (bicyclic) bond motifs is 3. The second-order valence-corrected chi connectivity index (χ2v) is 14.6. The van der Waals surface area contributed by atoms with Crippen LogP contribution in [0.4, 0.5) is 17.1 Å². The number of rotatable bonds is 8. The Balaban J connectivity index is 1.17. The van der Waals surface area contributed by atoms with Gasteiger partial charge in [0, 0.05) is 27.7 Å². The minimum absolute atomic E-state index is 1.10. The fourth-order valence-corrected chi connectivity index (χ4v) is 8.41. The summed E-state index contributed by atoms with van der Waals surface area (Å²) in [6.45, 7) is 2.23. The number of para-hydroxylation sites is 1. The predicted octanol–water partition coefficient (Wildman–Crippen LogP) is 15.2. The Labute approximate surface area is 334 Å². The fraction of sp³-hybridized carbons (Fsp3) is 0.0182. The summed E-state index contributed by atoms with van der Waals surface area (Å²) in [5.41, 5.74) is 17.7. The van der Waals surface area contributed by atoms with Crippen LogP contribution in [0.15, 0.2) is 224 Å². The highest BCUT2D eigenvalue weighted by Gasteiger charge is 2.23. The van der Waals surface area contributed by atoms with Gasteiger partial charge in [0.2, 0.25) is 0 Å². The van der Waals surface area contributed by atoms with E-state index in [1.807, 2.05) is 0 Å². The number of aryl methyl sites for hydroxylation is 1. The molecule has 9 aromatic carbocycles. The summed E-state index contributed by atoms with van der Waals surface area (Å²) in [7, 11) is 0. The van der Waals surface area contributed by atoms with Crippen molar-refractivity contribution in [2.24, 2.45) is 0 Å². The monoisotopic (exact) mass is 728 g/mol. The molecule has 0 unspecified atom stereocenters. The van der Waals surface area contributed by atoms with E-state index in [9.17, 15) is 0 Å². The molecule has 0 amide bonds. The fourth-order valence-electron chi connectivity index (χ4n) is 8.41. The first kappa shape index (κ1) is 34.1. The highest BCUT2D eigenvalue weighted by molar-refractivity contribution is 6.17. The van der Waals surface area contributed by atoms with Gasteiger partial charge in [0.1, 0.15) is 0 Å². The molecule has 2 heteroatoms. The SMILES string of the molecule is Cc1cccc(-n2c3ccccc3c3c(N(c4ccc(-c5ccccc5)cc4)c4ccc(-c5ccccc5)cc4)cccc32)c1-c1ccc(-c2ccccc2)cc1. The second-order valence-electron chi connectivity index (χ2n) is 14.6. The number of benzene rings is 9. The summed E-state index contributed by atoms with van der Waals surface area (Å²) in [6.07, 6.45) is 0. The summed E-state index contributed by atoms with van der Waals surface area (Å²) in [5.74, 6) is 0. The zero-order valence-corrected chi connectivity index (χ0v) is 31.8. The molecule has 0 aliphatic carbocycles. The van der Waals surface area contributed by atoms with Crippen LogP contribution < -0.4 is 4.90 Å². The molecule has 1 aromatic heterocycles. The van der Waals surface area contributed by atoms with Gasteiger partial charge >= 0.3 is 0 Å². The number of hydrogen-bond acceptors (Lipinski definition) is 1. The van der Waals surface area contributed by atoms with Crippen molar-refractivity contribution in [1.82, 2.24) is 4.57 Å². The van der Waals surface area contributed by atoms with Crippen molar-refractivity contribution in [2.75, 3.05) is 4.90 Å². The summed E-state index contributed by atoms with van der Waals surface area (Å²) in [5, 5.41) is 2.42. The quantitative estimate of drug-likeness (QED) is 0.151. The van der Waals surface area contributed by atoms with Crippen LogP contribution in [0.2, 0.25) is 0 Å². The third-order valence-corrected chi connectivity index (χ3v) is 11.2. The van der Waals surface area contributed by atoms with Gasteiger partial charge in [-0.2, -0.15) is 0 Å². The molecule has 57 heavy (non-hydrogen) atoms. The van der Waals surface area contributed by atoms with Gasteiger partial charge in [0.05, 0.1) is 22.4 Å². The third-order valence-electron chi connectivity index (χ3n) is 11.2. The van der Waals surface area contributed by atoms with Crippen LogP contribution in [-0.2, 0) is 0 Å². The highest BCUT2D eigenvalue weighted by atomic mass is 15.1.